The van der Waals surface area contributed by atoms with Gasteiger partial charge in [-0.3, -0.25) is 21.3 Å². The first kappa shape index (κ1) is 23.7. The third-order valence-corrected chi connectivity index (χ3v) is 3.68. The lowest BCUT2D eigenvalue weighted by molar-refractivity contribution is -0.397. The van der Waals surface area contributed by atoms with Crippen LogP contribution in [0, 0.1) is 0 Å². The van der Waals surface area contributed by atoms with Crippen LogP contribution in [0.1, 0.15) is 60.8 Å². The Morgan fingerprint density at radius 2 is 1.20 bits per heavy atom. The van der Waals surface area contributed by atoms with E-state index in [0.717, 1.165) is 36.4 Å². The molecule has 0 rings (SSSR count). The lowest BCUT2D eigenvalue weighted by atomic mass is 10.4. The van der Waals surface area contributed by atoms with E-state index in [1.165, 1.54) is 0 Å². The fourth-order valence-corrected chi connectivity index (χ4v) is 2.10. The number of hydrogen-bond acceptors (Lipinski definition) is 7. The van der Waals surface area contributed by atoms with E-state index in [9.17, 15) is 0 Å². The molecule has 0 radical (unpaired) electrons. The van der Waals surface area contributed by atoms with Gasteiger partial charge in [-0.25, -0.2) is 9.68 Å². The zero-order valence-electron chi connectivity index (χ0n) is 16.7. The highest BCUT2D eigenvalue weighted by atomic mass is 28.2. The molecular formula is C17H35N3O4Si. The zero-order chi connectivity index (χ0) is 19.1. The maximum absolute atomic E-state index is 5.66. The predicted molar refractivity (Wildman–Crippen MR) is 103 cm³/mol. The zero-order valence-corrected chi connectivity index (χ0v) is 18.7. The van der Waals surface area contributed by atoms with Gasteiger partial charge in [-0.2, -0.15) is 0 Å². The van der Waals surface area contributed by atoms with Gasteiger partial charge in [-0.05, 0) is 40.0 Å². The Morgan fingerprint density at radius 3 is 1.56 bits per heavy atom. The summed E-state index contributed by atoms with van der Waals surface area (Å²) in [6, 6.07) is 0. The first-order valence-corrected chi connectivity index (χ1v) is 9.55. The monoisotopic (exact) mass is 373 g/mol. The molecule has 8 heteroatoms. The molecule has 0 fully saturated rings. The van der Waals surface area contributed by atoms with Crippen LogP contribution in [0.15, 0.2) is 35.3 Å². The molecule has 0 spiro atoms. The van der Waals surface area contributed by atoms with Crippen LogP contribution in [0.2, 0.25) is 0 Å². The van der Waals surface area contributed by atoms with Crippen molar-refractivity contribution in [2.45, 2.75) is 66.8 Å². The molecule has 0 aromatic rings. The number of nitrogens with one attached hydrogen (secondary N) is 3. The van der Waals surface area contributed by atoms with Gasteiger partial charge in [0.1, 0.15) is 0 Å². The second-order valence-electron chi connectivity index (χ2n) is 5.57. The minimum Gasteiger partial charge on any atom is -0.376 e. The molecule has 3 N–H and O–H groups in total. The molecule has 7 nitrogen and oxygen atoms in total. The Hall–Kier alpha value is -1.32. The summed E-state index contributed by atoms with van der Waals surface area (Å²) < 4.78 is 5.57. The maximum Gasteiger partial charge on any atom is 0.342 e. The molecule has 25 heavy (non-hydrogen) atoms. The first-order valence-electron chi connectivity index (χ1n) is 8.74. The van der Waals surface area contributed by atoms with Crippen LogP contribution in [-0.4, -0.2) is 23.1 Å². The summed E-state index contributed by atoms with van der Waals surface area (Å²) in [7, 11) is 0.394. The Bertz CT molecular complexity index is 429. The fourth-order valence-electron chi connectivity index (χ4n) is 1.82. The maximum atomic E-state index is 5.66. The highest BCUT2D eigenvalue weighted by Gasteiger charge is 2.35. The Labute approximate surface area is 155 Å². The second kappa shape index (κ2) is 13.9. The Kier molecular flexibility index (Phi) is 13.2. The molecule has 0 saturated heterocycles. The first-order chi connectivity index (χ1) is 11.9. The summed E-state index contributed by atoms with van der Waals surface area (Å²) in [5.41, 5.74) is 11.2. The highest BCUT2D eigenvalue weighted by molar-refractivity contribution is 5.98. The molecule has 0 bridgehead atoms. The van der Waals surface area contributed by atoms with E-state index in [0.29, 0.717) is 10.5 Å². The third kappa shape index (κ3) is 11.0. The standard InChI is InChI=1S/C17H35N3O4Si/c1-7-10-14(4)18-21-13-17(24-25,22-19-15(5)11-8-2)23-20-16(6)12-9-3/h10-12,18-20H,7-9,13H2,1-6,25H3. The molecule has 0 aliphatic carbocycles. The third-order valence-electron chi connectivity index (χ3n) is 3.06. The van der Waals surface area contributed by atoms with Crippen LogP contribution in [0.25, 0.3) is 0 Å². The van der Waals surface area contributed by atoms with Crippen molar-refractivity contribution in [3.05, 3.63) is 35.3 Å². The van der Waals surface area contributed by atoms with Gasteiger partial charge in [0.2, 0.25) is 0 Å². The molecule has 0 amide bonds. The van der Waals surface area contributed by atoms with Gasteiger partial charge < -0.3 is 4.43 Å². The summed E-state index contributed by atoms with van der Waals surface area (Å²) in [5.74, 6) is -1.42. The van der Waals surface area contributed by atoms with Crippen LogP contribution < -0.4 is 16.4 Å². The van der Waals surface area contributed by atoms with Gasteiger partial charge in [0, 0.05) is 17.1 Å². The fraction of sp³-hybridized carbons (Fsp3) is 0.647. The number of rotatable bonds is 14. The van der Waals surface area contributed by atoms with Crippen molar-refractivity contribution in [3.8, 4) is 0 Å². The van der Waals surface area contributed by atoms with E-state index in [4.69, 9.17) is 18.9 Å². The van der Waals surface area contributed by atoms with Gasteiger partial charge >= 0.3 is 5.97 Å². The van der Waals surface area contributed by atoms with Crippen molar-refractivity contribution in [1.29, 1.82) is 0 Å². The van der Waals surface area contributed by atoms with Crippen LogP contribution >= 0.6 is 0 Å². The van der Waals surface area contributed by atoms with Crippen molar-refractivity contribution >= 4 is 10.5 Å². The van der Waals surface area contributed by atoms with Crippen molar-refractivity contribution in [2.24, 2.45) is 0 Å². The quantitative estimate of drug-likeness (QED) is 0.245. The number of hydrogen-bond donors (Lipinski definition) is 3. The lowest BCUT2D eigenvalue weighted by Crippen LogP contribution is -2.50. The van der Waals surface area contributed by atoms with Crippen LogP contribution in [0.4, 0.5) is 0 Å². The van der Waals surface area contributed by atoms with E-state index in [1.54, 1.807) is 0 Å². The minimum atomic E-state index is -1.42. The Morgan fingerprint density at radius 1 is 0.800 bits per heavy atom. The van der Waals surface area contributed by atoms with Gasteiger partial charge in [-0.15, -0.1) is 0 Å². The van der Waals surface area contributed by atoms with Crippen LogP contribution in [0.5, 0.6) is 0 Å². The molecule has 0 saturated carbocycles. The van der Waals surface area contributed by atoms with Crippen LogP contribution in [-0.2, 0) is 18.9 Å². The van der Waals surface area contributed by atoms with Gasteiger partial charge in [-0.1, -0.05) is 39.0 Å². The van der Waals surface area contributed by atoms with Gasteiger partial charge in [0.15, 0.2) is 17.1 Å². The number of hydroxylamine groups is 3. The van der Waals surface area contributed by atoms with E-state index < -0.39 is 5.97 Å². The summed E-state index contributed by atoms with van der Waals surface area (Å²) in [6.07, 6.45) is 8.73. The van der Waals surface area contributed by atoms with E-state index in [2.05, 4.69) is 37.2 Å². The molecule has 0 aliphatic heterocycles. The lowest BCUT2D eigenvalue weighted by Gasteiger charge is -2.31. The average molecular weight is 374 g/mol. The van der Waals surface area contributed by atoms with E-state index in [1.807, 2.05) is 39.0 Å². The van der Waals surface area contributed by atoms with E-state index >= 15 is 0 Å². The largest absolute Gasteiger partial charge is 0.376 e. The van der Waals surface area contributed by atoms with Crippen LogP contribution in [0.3, 0.4) is 0 Å². The number of allylic oxidation sites excluding steroid dienone is 6. The molecule has 146 valence electrons. The van der Waals surface area contributed by atoms with Gasteiger partial charge in [0.05, 0.1) is 0 Å². The Balaban J connectivity index is 4.93. The second-order valence-corrected chi connectivity index (χ2v) is 5.98. The highest BCUT2D eigenvalue weighted by Crippen LogP contribution is 2.14. The molecule has 0 aliphatic rings. The molecule has 0 atom stereocenters. The molecular weight excluding hydrogens is 338 g/mol. The van der Waals surface area contributed by atoms with Crippen molar-refractivity contribution < 1.29 is 18.9 Å². The topological polar surface area (TPSA) is 73.0 Å². The van der Waals surface area contributed by atoms with Crippen molar-refractivity contribution in [2.75, 3.05) is 6.61 Å². The van der Waals surface area contributed by atoms with E-state index in [-0.39, 0.29) is 6.61 Å². The summed E-state index contributed by atoms with van der Waals surface area (Å²) in [6.45, 7) is 11.9. The average Bonchev–Trinajstić information content (AvgIpc) is 2.58. The van der Waals surface area contributed by atoms with Crippen molar-refractivity contribution in [1.82, 2.24) is 16.4 Å². The summed E-state index contributed by atoms with van der Waals surface area (Å²) in [5, 5.41) is 0. The minimum absolute atomic E-state index is 0.0181. The van der Waals surface area contributed by atoms with Crippen molar-refractivity contribution in [3.63, 3.8) is 0 Å². The summed E-state index contributed by atoms with van der Waals surface area (Å²) in [4.78, 5) is 16.8. The normalized spacial score (nSPS) is 15.8. The van der Waals surface area contributed by atoms with Gasteiger partial charge in [0.25, 0.3) is 0 Å². The molecule has 0 unspecified atom stereocenters. The molecule has 0 heterocycles. The SMILES string of the molecule is CCC=C(C)NOCC(O[SiH3])(ONC(C)=CCC)ONC(C)=CCC. The predicted octanol–water partition coefficient (Wildman–Crippen LogP) is 2.44. The molecule has 0 aromatic carbocycles. The smallest absolute Gasteiger partial charge is 0.342 e. The summed E-state index contributed by atoms with van der Waals surface area (Å²) >= 11 is 0. The molecule has 0 aromatic heterocycles.